The van der Waals surface area contributed by atoms with E-state index in [4.69, 9.17) is 15.4 Å². The number of phenolic OH excluding ortho intramolecular Hbond substituents is 1. The highest BCUT2D eigenvalue weighted by Gasteiger charge is 2.12. The second-order valence-electron chi connectivity index (χ2n) is 3.15. The van der Waals surface area contributed by atoms with Crippen LogP contribution in [0.25, 0.3) is 0 Å². The zero-order valence-electron chi connectivity index (χ0n) is 8.32. The molecule has 84 valence electrons. The Hall–Kier alpha value is -0.940. The van der Waals surface area contributed by atoms with Crippen LogP contribution in [0.1, 0.15) is 11.1 Å². The number of methoxy groups -OCH3 is 1. The number of benzene rings is 1. The second kappa shape index (κ2) is 4.28. The Kier molecular flexibility index (Phi) is 3.46. The molecule has 0 aliphatic heterocycles. The zero-order valence-corrected chi connectivity index (χ0v) is 9.89. The van der Waals surface area contributed by atoms with Gasteiger partial charge in [-0.2, -0.15) is 0 Å². The number of ether oxygens (including phenoxy) is 1. The van der Waals surface area contributed by atoms with Crippen LogP contribution in [0.2, 0.25) is 0 Å². The monoisotopic (exact) mass is 250 g/mol. The SMILES string of the molecule is COc1cc(CS(=O)(=O)Cl)cc(C)c1O. The lowest BCUT2D eigenvalue weighted by molar-refractivity contribution is 0.371. The van der Waals surface area contributed by atoms with E-state index >= 15 is 0 Å². The van der Waals surface area contributed by atoms with Gasteiger partial charge in [0, 0.05) is 10.7 Å². The Morgan fingerprint density at radius 1 is 1.47 bits per heavy atom. The quantitative estimate of drug-likeness (QED) is 0.831. The first kappa shape index (κ1) is 12.1. The fraction of sp³-hybridized carbons (Fsp3) is 0.333. The van der Waals surface area contributed by atoms with Crippen LogP contribution in [0.15, 0.2) is 12.1 Å². The molecule has 0 heterocycles. The molecule has 0 aliphatic rings. The topological polar surface area (TPSA) is 63.6 Å². The van der Waals surface area contributed by atoms with Gasteiger partial charge in [-0.05, 0) is 24.1 Å². The Morgan fingerprint density at radius 2 is 2.07 bits per heavy atom. The van der Waals surface area contributed by atoms with Crippen LogP contribution in [0.4, 0.5) is 0 Å². The molecule has 0 spiro atoms. The molecule has 6 heteroatoms. The largest absolute Gasteiger partial charge is 0.504 e. The van der Waals surface area contributed by atoms with Crippen LogP contribution in [-0.4, -0.2) is 20.6 Å². The minimum Gasteiger partial charge on any atom is -0.504 e. The molecular weight excluding hydrogens is 240 g/mol. The number of aryl methyl sites for hydroxylation is 1. The molecule has 1 N–H and O–H groups in total. The van der Waals surface area contributed by atoms with Crippen molar-refractivity contribution in [3.8, 4) is 11.5 Å². The van der Waals surface area contributed by atoms with Crippen molar-refractivity contribution in [2.75, 3.05) is 7.11 Å². The van der Waals surface area contributed by atoms with Crippen molar-refractivity contribution in [2.45, 2.75) is 12.7 Å². The van der Waals surface area contributed by atoms with E-state index in [2.05, 4.69) is 0 Å². The Labute approximate surface area is 92.9 Å². The maximum Gasteiger partial charge on any atom is 0.236 e. The molecule has 0 aliphatic carbocycles. The predicted octanol–water partition coefficient (Wildman–Crippen LogP) is 1.78. The summed E-state index contributed by atoms with van der Waals surface area (Å²) in [6.45, 7) is 1.65. The first-order chi connectivity index (χ1) is 6.83. The van der Waals surface area contributed by atoms with Crippen LogP contribution in [0.5, 0.6) is 11.5 Å². The van der Waals surface area contributed by atoms with Gasteiger partial charge in [-0.15, -0.1) is 0 Å². The van der Waals surface area contributed by atoms with Crippen molar-refractivity contribution in [3.05, 3.63) is 23.3 Å². The number of aromatic hydroxyl groups is 1. The fourth-order valence-electron chi connectivity index (χ4n) is 1.26. The normalized spacial score (nSPS) is 11.4. The third-order valence-corrected chi connectivity index (χ3v) is 2.89. The maximum atomic E-state index is 10.9. The first-order valence-corrected chi connectivity index (χ1v) is 6.60. The number of halogens is 1. The lowest BCUT2D eigenvalue weighted by Crippen LogP contribution is -1.97. The van der Waals surface area contributed by atoms with E-state index in [0.29, 0.717) is 11.1 Å². The van der Waals surface area contributed by atoms with Crippen molar-refractivity contribution in [2.24, 2.45) is 0 Å². The number of phenols is 1. The molecule has 0 saturated carbocycles. The summed E-state index contributed by atoms with van der Waals surface area (Å²) in [6.07, 6.45) is 0. The van der Waals surface area contributed by atoms with Gasteiger partial charge < -0.3 is 9.84 Å². The minimum absolute atomic E-state index is 0.00761. The molecule has 0 atom stereocenters. The summed E-state index contributed by atoms with van der Waals surface area (Å²) in [5.41, 5.74) is 1.03. The van der Waals surface area contributed by atoms with Crippen molar-refractivity contribution >= 4 is 19.7 Å². The first-order valence-electron chi connectivity index (χ1n) is 4.12. The number of hydrogen-bond donors (Lipinski definition) is 1. The van der Waals surface area contributed by atoms with Gasteiger partial charge in [0.2, 0.25) is 9.05 Å². The van der Waals surface area contributed by atoms with Gasteiger partial charge in [-0.1, -0.05) is 6.07 Å². The highest BCUT2D eigenvalue weighted by molar-refractivity contribution is 8.13. The van der Waals surface area contributed by atoms with Gasteiger partial charge in [-0.3, -0.25) is 0 Å². The van der Waals surface area contributed by atoms with Gasteiger partial charge >= 0.3 is 0 Å². The van der Waals surface area contributed by atoms with Crippen molar-refractivity contribution in [3.63, 3.8) is 0 Å². The van der Waals surface area contributed by atoms with E-state index in [9.17, 15) is 13.5 Å². The average Bonchev–Trinajstić information content (AvgIpc) is 2.08. The molecule has 4 nitrogen and oxygen atoms in total. The molecule has 0 aromatic heterocycles. The van der Waals surface area contributed by atoms with Crippen LogP contribution >= 0.6 is 10.7 Å². The van der Waals surface area contributed by atoms with Gasteiger partial charge in [0.05, 0.1) is 12.9 Å². The van der Waals surface area contributed by atoms with E-state index in [1.54, 1.807) is 13.0 Å². The van der Waals surface area contributed by atoms with Gasteiger partial charge in [0.25, 0.3) is 0 Å². The molecule has 0 bridgehead atoms. The Balaban J connectivity index is 3.17. The van der Waals surface area contributed by atoms with Crippen molar-refractivity contribution in [1.29, 1.82) is 0 Å². The van der Waals surface area contributed by atoms with E-state index in [1.165, 1.54) is 13.2 Å². The fourth-order valence-corrected chi connectivity index (χ4v) is 2.20. The van der Waals surface area contributed by atoms with Crippen molar-refractivity contribution < 1.29 is 18.3 Å². The molecule has 0 saturated heterocycles. The third-order valence-electron chi connectivity index (χ3n) is 1.88. The molecule has 1 aromatic rings. The van der Waals surface area contributed by atoms with E-state index < -0.39 is 9.05 Å². The zero-order chi connectivity index (χ0) is 11.6. The molecule has 0 fully saturated rings. The molecule has 0 amide bonds. The van der Waals surface area contributed by atoms with Crippen LogP contribution < -0.4 is 4.74 Å². The summed E-state index contributed by atoms with van der Waals surface area (Å²) in [5.74, 6) is -0.0370. The smallest absolute Gasteiger partial charge is 0.236 e. The van der Waals surface area contributed by atoms with E-state index in [1.807, 2.05) is 0 Å². The molecule has 15 heavy (non-hydrogen) atoms. The lowest BCUT2D eigenvalue weighted by Gasteiger charge is -2.08. The third kappa shape index (κ3) is 3.28. The highest BCUT2D eigenvalue weighted by Crippen LogP contribution is 2.31. The summed E-state index contributed by atoms with van der Waals surface area (Å²) in [6, 6.07) is 3.00. The summed E-state index contributed by atoms with van der Waals surface area (Å²) < 4.78 is 26.6. The summed E-state index contributed by atoms with van der Waals surface area (Å²) >= 11 is 0. The predicted molar refractivity (Wildman–Crippen MR) is 57.9 cm³/mol. The Morgan fingerprint density at radius 3 is 2.53 bits per heavy atom. The van der Waals surface area contributed by atoms with Crippen LogP contribution in [-0.2, 0) is 14.8 Å². The van der Waals surface area contributed by atoms with Crippen LogP contribution in [0, 0.1) is 6.92 Å². The average molecular weight is 251 g/mol. The molecular formula is C9H11ClO4S. The lowest BCUT2D eigenvalue weighted by atomic mass is 10.1. The maximum absolute atomic E-state index is 10.9. The van der Waals surface area contributed by atoms with E-state index in [-0.39, 0.29) is 17.3 Å². The standard InChI is InChI=1S/C9H11ClO4S/c1-6-3-7(5-15(10,12)13)4-8(14-2)9(6)11/h3-4,11H,5H2,1-2H3. The molecule has 0 unspecified atom stereocenters. The molecule has 0 radical (unpaired) electrons. The van der Waals surface area contributed by atoms with Crippen LogP contribution in [0.3, 0.4) is 0 Å². The van der Waals surface area contributed by atoms with Gasteiger partial charge in [-0.25, -0.2) is 8.42 Å². The number of hydrogen-bond acceptors (Lipinski definition) is 4. The minimum atomic E-state index is -3.60. The Bertz CT molecular complexity index is 467. The molecule has 1 rings (SSSR count). The number of rotatable bonds is 3. The van der Waals surface area contributed by atoms with Crippen molar-refractivity contribution in [1.82, 2.24) is 0 Å². The van der Waals surface area contributed by atoms with E-state index in [0.717, 1.165) is 0 Å². The highest BCUT2D eigenvalue weighted by atomic mass is 35.7. The summed E-state index contributed by atoms with van der Waals surface area (Å²) in [7, 11) is 2.92. The van der Waals surface area contributed by atoms with Gasteiger partial charge in [0.15, 0.2) is 11.5 Å². The van der Waals surface area contributed by atoms with Gasteiger partial charge in [0.1, 0.15) is 0 Å². The summed E-state index contributed by atoms with van der Waals surface area (Å²) in [5, 5.41) is 9.51. The second-order valence-corrected chi connectivity index (χ2v) is 5.92. The molecule has 1 aromatic carbocycles. The summed E-state index contributed by atoms with van der Waals surface area (Å²) in [4.78, 5) is 0.